The van der Waals surface area contributed by atoms with Crippen molar-refractivity contribution in [3.05, 3.63) is 64.8 Å². The number of para-hydroxylation sites is 3. The SMILES string of the molecule is O=c1[nH]c2ccccc2n1CCCSc1nc(CN2CCOCC2)nc2ccccc12. The number of aromatic amines is 1. The number of morpholine rings is 1. The Morgan fingerprint density at radius 3 is 2.74 bits per heavy atom. The number of rotatable bonds is 7. The lowest BCUT2D eigenvalue weighted by Crippen LogP contribution is -2.36. The molecule has 1 aliphatic heterocycles. The number of fused-ring (bicyclic) bond motifs is 2. The van der Waals surface area contributed by atoms with E-state index in [1.54, 1.807) is 11.8 Å². The average molecular weight is 436 g/mol. The van der Waals surface area contributed by atoms with Crippen LogP contribution in [0.3, 0.4) is 0 Å². The van der Waals surface area contributed by atoms with E-state index in [2.05, 4.69) is 22.0 Å². The first-order chi connectivity index (χ1) is 15.3. The number of hydrogen-bond donors (Lipinski definition) is 1. The summed E-state index contributed by atoms with van der Waals surface area (Å²) in [5, 5.41) is 2.10. The van der Waals surface area contributed by atoms with Crippen molar-refractivity contribution in [1.29, 1.82) is 0 Å². The van der Waals surface area contributed by atoms with Crippen LogP contribution >= 0.6 is 11.8 Å². The number of hydrogen-bond acceptors (Lipinski definition) is 6. The molecule has 1 N–H and O–H groups in total. The second-order valence-electron chi connectivity index (χ2n) is 7.65. The van der Waals surface area contributed by atoms with Gasteiger partial charge in [-0.15, -0.1) is 11.8 Å². The fourth-order valence-corrected chi connectivity index (χ4v) is 4.92. The zero-order valence-electron chi connectivity index (χ0n) is 17.3. The third kappa shape index (κ3) is 4.51. The molecule has 0 saturated carbocycles. The van der Waals surface area contributed by atoms with Crippen molar-refractivity contribution in [2.24, 2.45) is 0 Å². The number of imidazole rings is 1. The van der Waals surface area contributed by atoms with Gasteiger partial charge in [0.2, 0.25) is 0 Å². The van der Waals surface area contributed by atoms with Crippen molar-refractivity contribution in [3.63, 3.8) is 0 Å². The highest BCUT2D eigenvalue weighted by Crippen LogP contribution is 2.26. The molecule has 0 spiro atoms. The van der Waals surface area contributed by atoms with Gasteiger partial charge in [0, 0.05) is 30.8 Å². The summed E-state index contributed by atoms with van der Waals surface area (Å²) < 4.78 is 7.27. The first-order valence-corrected chi connectivity index (χ1v) is 11.6. The summed E-state index contributed by atoms with van der Waals surface area (Å²) in [6, 6.07) is 16.0. The van der Waals surface area contributed by atoms with Crippen LogP contribution in [0.2, 0.25) is 0 Å². The van der Waals surface area contributed by atoms with Gasteiger partial charge < -0.3 is 9.72 Å². The molecule has 31 heavy (non-hydrogen) atoms. The van der Waals surface area contributed by atoms with Crippen LogP contribution in [0, 0.1) is 0 Å². The van der Waals surface area contributed by atoms with E-state index >= 15 is 0 Å². The molecular weight excluding hydrogens is 410 g/mol. The summed E-state index contributed by atoms with van der Waals surface area (Å²) in [6.45, 7) is 4.78. The number of aryl methyl sites for hydroxylation is 1. The van der Waals surface area contributed by atoms with E-state index in [4.69, 9.17) is 14.7 Å². The number of benzene rings is 2. The number of thioether (sulfide) groups is 1. The van der Waals surface area contributed by atoms with Crippen molar-refractivity contribution >= 4 is 33.7 Å². The molecule has 1 saturated heterocycles. The van der Waals surface area contributed by atoms with E-state index in [9.17, 15) is 4.79 Å². The van der Waals surface area contributed by atoms with Crippen LogP contribution in [0.25, 0.3) is 21.9 Å². The van der Waals surface area contributed by atoms with Gasteiger partial charge in [0.15, 0.2) is 0 Å². The van der Waals surface area contributed by atoms with Crippen molar-refractivity contribution in [1.82, 2.24) is 24.4 Å². The topological polar surface area (TPSA) is 76.0 Å². The van der Waals surface area contributed by atoms with Crippen molar-refractivity contribution in [2.75, 3.05) is 32.1 Å². The van der Waals surface area contributed by atoms with Crippen molar-refractivity contribution in [3.8, 4) is 0 Å². The van der Waals surface area contributed by atoms with Gasteiger partial charge in [-0.1, -0.05) is 30.3 Å². The molecule has 160 valence electrons. The van der Waals surface area contributed by atoms with E-state index in [0.717, 1.165) is 77.8 Å². The summed E-state index contributed by atoms with van der Waals surface area (Å²) in [5.74, 6) is 1.74. The monoisotopic (exact) mass is 435 g/mol. The predicted octanol–water partition coefficient (Wildman–Crippen LogP) is 3.29. The second-order valence-corrected chi connectivity index (χ2v) is 8.74. The molecule has 1 aliphatic rings. The fraction of sp³-hybridized carbons (Fsp3) is 0.348. The van der Waals surface area contributed by atoms with Crippen LogP contribution in [-0.2, 0) is 17.8 Å². The van der Waals surface area contributed by atoms with Gasteiger partial charge in [-0.25, -0.2) is 14.8 Å². The highest BCUT2D eigenvalue weighted by atomic mass is 32.2. The van der Waals surface area contributed by atoms with Gasteiger partial charge in [-0.3, -0.25) is 9.47 Å². The van der Waals surface area contributed by atoms with Crippen LogP contribution in [0.15, 0.2) is 58.4 Å². The van der Waals surface area contributed by atoms with E-state index < -0.39 is 0 Å². The molecule has 0 amide bonds. The number of aromatic nitrogens is 4. The summed E-state index contributed by atoms with van der Waals surface area (Å²) in [6.07, 6.45) is 0.879. The molecule has 2 aromatic heterocycles. The third-order valence-corrected chi connectivity index (χ3v) is 6.61. The maximum Gasteiger partial charge on any atom is 0.326 e. The largest absolute Gasteiger partial charge is 0.379 e. The van der Waals surface area contributed by atoms with Crippen molar-refractivity contribution in [2.45, 2.75) is 24.5 Å². The van der Waals surface area contributed by atoms with Gasteiger partial charge >= 0.3 is 5.69 Å². The van der Waals surface area contributed by atoms with E-state index in [1.807, 2.05) is 41.0 Å². The van der Waals surface area contributed by atoms with Crippen molar-refractivity contribution < 1.29 is 4.74 Å². The first-order valence-electron chi connectivity index (χ1n) is 10.6. The minimum atomic E-state index is -0.0496. The maximum absolute atomic E-state index is 12.3. The van der Waals surface area contributed by atoms with E-state index in [0.29, 0.717) is 6.54 Å². The van der Waals surface area contributed by atoms with E-state index in [-0.39, 0.29) is 5.69 Å². The number of ether oxygens (including phenoxy) is 1. The smallest absolute Gasteiger partial charge is 0.326 e. The molecule has 0 atom stereocenters. The van der Waals surface area contributed by atoms with Crippen LogP contribution in [0.1, 0.15) is 12.2 Å². The van der Waals surface area contributed by atoms with E-state index in [1.165, 1.54) is 0 Å². The van der Waals surface area contributed by atoms with Gasteiger partial charge in [0.05, 0.1) is 36.3 Å². The summed E-state index contributed by atoms with van der Waals surface area (Å²) >= 11 is 1.74. The van der Waals surface area contributed by atoms with Gasteiger partial charge in [-0.2, -0.15) is 0 Å². The Hall–Kier alpha value is -2.68. The molecule has 5 rings (SSSR count). The first kappa shape index (κ1) is 20.2. The molecule has 0 unspecified atom stereocenters. The molecule has 4 aromatic rings. The molecule has 1 fully saturated rings. The molecule has 0 aliphatic carbocycles. The van der Waals surface area contributed by atoms with Crippen LogP contribution in [0.4, 0.5) is 0 Å². The lowest BCUT2D eigenvalue weighted by atomic mass is 10.2. The second kappa shape index (κ2) is 9.21. The fourth-order valence-electron chi connectivity index (χ4n) is 3.95. The minimum Gasteiger partial charge on any atom is -0.379 e. The Bertz CT molecular complexity index is 1250. The zero-order chi connectivity index (χ0) is 21.0. The van der Waals surface area contributed by atoms with Gasteiger partial charge in [-0.05, 0) is 24.6 Å². The highest BCUT2D eigenvalue weighted by molar-refractivity contribution is 7.99. The summed E-state index contributed by atoms with van der Waals surface area (Å²) in [4.78, 5) is 27.2. The van der Waals surface area contributed by atoms with Gasteiger partial charge in [0.25, 0.3) is 0 Å². The molecule has 3 heterocycles. The normalized spacial score (nSPS) is 15.1. The Morgan fingerprint density at radius 2 is 1.84 bits per heavy atom. The molecule has 0 bridgehead atoms. The average Bonchev–Trinajstić information content (AvgIpc) is 3.12. The van der Waals surface area contributed by atoms with Crippen LogP contribution < -0.4 is 5.69 Å². The summed E-state index contributed by atoms with van der Waals surface area (Å²) in [5.41, 5.74) is 2.77. The molecule has 0 radical (unpaired) electrons. The maximum atomic E-state index is 12.3. The quantitative estimate of drug-likeness (QED) is 0.273. The highest BCUT2D eigenvalue weighted by Gasteiger charge is 2.15. The van der Waals surface area contributed by atoms with Crippen LogP contribution in [0.5, 0.6) is 0 Å². The Balaban J connectivity index is 1.30. The minimum absolute atomic E-state index is 0.0496. The Morgan fingerprint density at radius 1 is 1.03 bits per heavy atom. The molecule has 8 heteroatoms. The van der Waals surface area contributed by atoms with Gasteiger partial charge in [0.1, 0.15) is 10.9 Å². The van der Waals surface area contributed by atoms with Crippen LogP contribution in [-0.4, -0.2) is 56.5 Å². The summed E-state index contributed by atoms with van der Waals surface area (Å²) in [7, 11) is 0. The Labute approximate surface area is 184 Å². The number of nitrogens with one attached hydrogen (secondary N) is 1. The molecular formula is C23H25N5O2S. The molecule has 7 nitrogen and oxygen atoms in total. The zero-order valence-corrected chi connectivity index (χ0v) is 18.1. The predicted molar refractivity (Wildman–Crippen MR) is 124 cm³/mol. The lowest BCUT2D eigenvalue weighted by Gasteiger charge is -2.25. The number of H-pyrrole nitrogens is 1. The Kier molecular flexibility index (Phi) is 6.01. The third-order valence-electron chi connectivity index (χ3n) is 5.53. The molecule has 2 aromatic carbocycles. The standard InChI is InChI=1S/C23H25N5O2S/c29-23-25-19-8-3-4-9-20(19)28(23)10-5-15-31-22-17-6-1-2-7-18(17)24-21(26-22)16-27-11-13-30-14-12-27/h1-4,6-9H,5,10-16H2,(H,25,29). The lowest BCUT2D eigenvalue weighted by molar-refractivity contribution is 0.0330. The number of nitrogens with zero attached hydrogens (tertiary/aromatic N) is 4.